The molecule has 1 rings (SSSR count). The Morgan fingerprint density at radius 2 is 0.958 bits per heavy atom. The molecule has 6 heteroatoms. The van der Waals surface area contributed by atoms with Crippen LogP contribution in [0.3, 0.4) is 0 Å². The first-order chi connectivity index (χ1) is 11.6. The molecule has 1 heterocycles. The van der Waals surface area contributed by atoms with Gasteiger partial charge < -0.3 is 9.47 Å². The third-order valence-electron chi connectivity index (χ3n) is 3.43. The van der Waals surface area contributed by atoms with Gasteiger partial charge in [0.25, 0.3) is 0 Å². The molecular formula is C18H24O6. The largest absolute Gasteiger partial charge is 0.463 e. The molecule has 0 aromatic heterocycles. The Morgan fingerprint density at radius 1 is 0.542 bits per heavy atom. The van der Waals surface area contributed by atoms with E-state index in [0.717, 1.165) is 25.0 Å². The van der Waals surface area contributed by atoms with E-state index >= 15 is 0 Å². The average molecular weight is 336 g/mol. The third-order valence-corrected chi connectivity index (χ3v) is 3.43. The Hall–Kier alpha value is -2.24. The van der Waals surface area contributed by atoms with E-state index < -0.39 is 11.9 Å². The van der Waals surface area contributed by atoms with E-state index in [4.69, 9.17) is 9.47 Å². The van der Waals surface area contributed by atoms with Crippen LogP contribution in [-0.2, 0) is 28.7 Å². The number of cyclic esters (lactones) is 2. The van der Waals surface area contributed by atoms with Crippen molar-refractivity contribution >= 4 is 23.5 Å². The standard InChI is InChI=1S/C18H24O6/c19-15-7-3-1-5-13-23-17(21)12-10-16(20)8-4-2-6-14-24-18(22)11-9-15/h9-12H,1-8,13-14H2/b11-9+,12-10+. The number of esters is 2. The minimum atomic E-state index is -0.524. The van der Waals surface area contributed by atoms with Gasteiger partial charge in [-0.3, -0.25) is 9.59 Å². The molecule has 132 valence electrons. The van der Waals surface area contributed by atoms with Gasteiger partial charge in [0.2, 0.25) is 0 Å². The van der Waals surface area contributed by atoms with Gasteiger partial charge in [0.05, 0.1) is 13.2 Å². The zero-order valence-electron chi connectivity index (χ0n) is 13.8. The lowest BCUT2D eigenvalue weighted by Gasteiger charge is -2.03. The van der Waals surface area contributed by atoms with E-state index in [1.54, 1.807) is 0 Å². The van der Waals surface area contributed by atoms with Gasteiger partial charge in [0.15, 0.2) is 11.6 Å². The molecular weight excluding hydrogens is 312 g/mol. The van der Waals surface area contributed by atoms with Crippen molar-refractivity contribution in [3.05, 3.63) is 24.3 Å². The summed E-state index contributed by atoms with van der Waals surface area (Å²) in [5.41, 5.74) is 0. The first kappa shape index (κ1) is 19.8. The summed E-state index contributed by atoms with van der Waals surface area (Å²) in [6.07, 6.45) is 9.54. The molecule has 1 aliphatic heterocycles. The molecule has 0 spiro atoms. The zero-order chi connectivity index (χ0) is 17.6. The lowest BCUT2D eigenvalue weighted by atomic mass is 10.1. The molecule has 0 N–H and O–H groups in total. The van der Waals surface area contributed by atoms with E-state index in [0.29, 0.717) is 38.5 Å². The average Bonchev–Trinajstić information content (AvgIpc) is 2.56. The molecule has 0 amide bonds. The molecule has 24 heavy (non-hydrogen) atoms. The first-order valence-electron chi connectivity index (χ1n) is 8.33. The lowest BCUT2D eigenvalue weighted by Crippen LogP contribution is -2.05. The van der Waals surface area contributed by atoms with Crippen LogP contribution in [0.5, 0.6) is 0 Å². The zero-order valence-corrected chi connectivity index (χ0v) is 13.8. The van der Waals surface area contributed by atoms with E-state index in [2.05, 4.69) is 0 Å². The summed E-state index contributed by atoms with van der Waals surface area (Å²) in [6.45, 7) is 0.515. The van der Waals surface area contributed by atoms with Crippen molar-refractivity contribution in [2.75, 3.05) is 13.2 Å². The highest BCUT2D eigenvalue weighted by Crippen LogP contribution is 2.04. The molecule has 0 bridgehead atoms. The summed E-state index contributed by atoms with van der Waals surface area (Å²) in [4.78, 5) is 46.0. The molecule has 0 aromatic carbocycles. The van der Waals surface area contributed by atoms with Crippen LogP contribution in [0.25, 0.3) is 0 Å². The van der Waals surface area contributed by atoms with Gasteiger partial charge in [-0.1, -0.05) is 0 Å². The van der Waals surface area contributed by atoms with Crippen molar-refractivity contribution in [2.24, 2.45) is 0 Å². The van der Waals surface area contributed by atoms with Crippen molar-refractivity contribution in [3.63, 3.8) is 0 Å². The summed E-state index contributed by atoms with van der Waals surface area (Å²) < 4.78 is 9.95. The van der Waals surface area contributed by atoms with Crippen LogP contribution in [-0.4, -0.2) is 36.7 Å². The summed E-state index contributed by atoms with van der Waals surface area (Å²) >= 11 is 0. The highest BCUT2D eigenvalue weighted by molar-refractivity contribution is 5.96. The summed E-state index contributed by atoms with van der Waals surface area (Å²) in [5.74, 6) is -1.30. The van der Waals surface area contributed by atoms with E-state index in [1.165, 1.54) is 12.2 Å². The van der Waals surface area contributed by atoms with Gasteiger partial charge in [0, 0.05) is 25.0 Å². The highest BCUT2D eigenvalue weighted by atomic mass is 16.5. The van der Waals surface area contributed by atoms with Gasteiger partial charge in [-0.2, -0.15) is 0 Å². The van der Waals surface area contributed by atoms with Gasteiger partial charge >= 0.3 is 11.9 Å². The van der Waals surface area contributed by atoms with Crippen molar-refractivity contribution in [2.45, 2.75) is 51.4 Å². The molecule has 0 unspecified atom stereocenters. The summed E-state index contributed by atoms with van der Waals surface area (Å²) in [7, 11) is 0. The predicted molar refractivity (Wildman–Crippen MR) is 87.1 cm³/mol. The van der Waals surface area contributed by atoms with Crippen LogP contribution in [0.1, 0.15) is 51.4 Å². The van der Waals surface area contributed by atoms with Crippen LogP contribution in [0.2, 0.25) is 0 Å². The Morgan fingerprint density at radius 3 is 1.38 bits per heavy atom. The van der Waals surface area contributed by atoms with Crippen LogP contribution in [0.4, 0.5) is 0 Å². The predicted octanol–water partition coefficient (Wildman–Crippen LogP) is 2.46. The van der Waals surface area contributed by atoms with Crippen molar-refractivity contribution in [3.8, 4) is 0 Å². The minimum absolute atomic E-state index is 0.125. The van der Waals surface area contributed by atoms with E-state index in [1.807, 2.05) is 0 Å². The normalized spacial score (nSPS) is 23.0. The highest BCUT2D eigenvalue weighted by Gasteiger charge is 2.04. The number of carbonyl (C=O) groups excluding carboxylic acids is 4. The van der Waals surface area contributed by atoms with Crippen LogP contribution in [0, 0.1) is 0 Å². The lowest BCUT2D eigenvalue weighted by molar-refractivity contribution is -0.138. The quantitative estimate of drug-likeness (QED) is 0.632. The molecule has 0 saturated heterocycles. The fourth-order valence-corrected chi connectivity index (χ4v) is 2.09. The number of ether oxygens (including phenoxy) is 2. The smallest absolute Gasteiger partial charge is 0.330 e. The Bertz CT molecular complexity index is 414. The first-order valence-corrected chi connectivity index (χ1v) is 8.33. The second-order valence-electron chi connectivity index (χ2n) is 5.56. The van der Waals surface area contributed by atoms with Crippen LogP contribution in [0.15, 0.2) is 24.3 Å². The van der Waals surface area contributed by atoms with Crippen LogP contribution >= 0.6 is 0 Å². The third kappa shape index (κ3) is 10.5. The van der Waals surface area contributed by atoms with E-state index in [9.17, 15) is 19.2 Å². The maximum atomic E-state index is 11.6. The molecule has 1 aliphatic rings. The number of rotatable bonds is 0. The molecule has 0 fully saturated rings. The molecule has 0 radical (unpaired) electrons. The number of hydrogen-bond acceptors (Lipinski definition) is 6. The fourth-order valence-electron chi connectivity index (χ4n) is 2.09. The number of allylic oxidation sites excluding steroid dienone is 2. The topological polar surface area (TPSA) is 86.7 Å². The fraction of sp³-hybridized carbons (Fsp3) is 0.556. The molecule has 0 aromatic rings. The van der Waals surface area contributed by atoms with E-state index in [-0.39, 0.29) is 24.8 Å². The van der Waals surface area contributed by atoms with Crippen molar-refractivity contribution in [1.82, 2.24) is 0 Å². The molecule has 0 atom stereocenters. The van der Waals surface area contributed by atoms with Gasteiger partial charge in [-0.15, -0.1) is 0 Å². The monoisotopic (exact) mass is 336 g/mol. The van der Waals surface area contributed by atoms with Crippen molar-refractivity contribution in [1.29, 1.82) is 0 Å². The second-order valence-corrected chi connectivity index (χ2v) is 5.56. The van der Waals surface area contributed by atoms with Gasteiger partial charge in [-0.05, 0) is 50.7 Å². The number of carbonyl (C=O) groups is 4. The Labute approximate surface area is 141 Å². The Balaban J connectivity index is 2.46. The van der Waals surface area contributed by atoms with Crippen molar-refractivity contribution < 1.29 is 28.7 Å². The SMILES string of the molecule is O=C1/C=C/C(=O)OCCCCCC(=O)/C=C/C(=O)OCCCCC1. The molecule has 0 aliphatic carbocycles. The van der Waals surface area contributed by atoms with Gasteiger partial charge in [0.1, 0.15) is 0 Å². The minimum Gasteiger partial charge on any atom is -0.463 e. The molecule has 6 nitrogen and oxygen atoms in total. The maximum Gasteiger partial charge on any atom is 0.330 e. The second kappa shape index (κ2) is 12.2. The van der Waals surface area contributed by atoms with Gasteiger partial charge in [-0.25, -0.2) is 9.59 Å². The summed E-state index contributed by atoms with van der Waals surface area (Å²) in [5, 5.41) is 0. The molecule has 0 saturated carbocycles. The van der Waals surface area contributed by atoms with Crippen LogP contribution < -0.4 is 0 Å². The Kier molecular flexibility index (Phi) is 10.1. The number of ketones is 2. The maximum absolute atomic E-state index is 11.6. The number of hydrogen-bond donors (Lipinski definition) is 0. The summed E-state index contributed by atoms with van der Waals surface area (Å²) in [6, 6.07) is 0.